The average Bonchev–Trinajstić information content (AvgIpc) is 3.65. The summed E-state index contributed by atoms with van der Waals surface area (Å²) in [7, 11) is 0. The lowest BCUT2D eigenvalue weighted by Crippen LogP contribution is -2.14. The summed E-state index contributed by atoms with van der Waals surface area (Å²) in [6, 6.07) is 64.9. The molecule has 10 aromatic carbocycles. The second kappa shape index (κ2) is 11.9. The number of hydrogen-bond acceptors (Lipinski definition) is 4. The predicted octanol–water partition coefficient (Wildman–Crippen LogP) is 13.9. The van der Waals surface area contributed by atoms with Crippen LogP contribution in [0.2, 0.25) is 0 Å². The number of nitrogens with zero attached hydrogens (tertiary/aromatic N) is 4. The maximum Gasteiger partial charge on any atom is 0.237 e. The molecule has 1 aromatic heterocycles. The highest BCUT2D eigenvalue weighted by molar-refractivity contribution is 6.24. The Morgan fingerprint density at radius 3 is 1.83 bits per heavy atom. The van der Waals surface area contributed by atoms with Crippen molar-refractivity contribution in [3.63, 3.8) is 0 Å². The standard InChI is InChI=1S/C54H32N4/c1-2-13-36-32(11-1)23-24-34-29-35(26-28-37(34)36)58(54-56-30-55-31-57-54)53-43-18-7-5-16-41(43)49(42-17-6-8-19-44(42)53)45-21-10-22-46-50(45)47-27-25-33-12-9-20-39-38-14-3-4-15-40(38)51(46)52(47)48(33)39/h1-31,51H. The number of anilines is 3. The minimum Gasteiger partial charge on any atom is -0.278 e. The van der Waals surface area contributed by atoms with E-state index in [0.717, 1.165) is 27.5 Å². The van der Waals surface area contributed by atoms with Gasteiger partial charge in [-0.15, -0.1) is 0 Å². The zero-order chi connectivity index (χ0) is 37.9. The van der Waals surface area contributed by atoms with Gasteiger partial charge < -0.3 is 0 Å². The van der Waals surface area contributed by atoms with Gasteiger partial charge in [0, 0.05) is 22.4 Å². The van der Waals surface area contributed by atoms with Crippen molar-refractivity contribution < 1.29 is 0 Å². The topological polar surface area (TPSA) is 41.9 Å². The average molecular weight is 737 g/mol. The summed E-state index contributed by atoms with van der Waals surface area (Å²) in [5.41, 5.74) is 14.0. The molecule has 0 amide bonds. The molecule has 268 valence electrons. The Labute approximate surface area is 334 Å². The van der Waals surface area contributed by atoms with Crippen LogP contribution >= 0.6 is 0 Å². The summed E-state index contributed by atoms with van der Waals surface area (Å²) in [6.45, 7) is 0. The molecular formula is C54H32N4. The van der Waals surface area contributed by atoms with Crippen LogP contribution in [-0.2, 0) is 0 Å². The molecule has 58 heavy (non-hydrogen) atoms. The van der Waals surface area contributed by atoms with Crippen molar-refractivity contribution in [2.75, 3.05) is 4.90 Å². The van der Waals surface area contributed by atoms with Crippen LogP contribution < -0.4 is 4.90 Å². The molecule has 0 aliphatic heterocycles. The lowest BCUT2D eigenvalue weighted by atomic mass is 9.76. The zero-order valence-corrected chi connectivity index (χ0v) is 31.3. The van der Waals surface area contributed by atoms with Crippen LogP contribution in [0, 0.1) is 0 Å². The van der Waals surface area contributed by atoms with E-state index >= 15 is 0 Å². The van der Waals surface area contributed by atoms with E-state index in [2.05, 4.69) is 186 Å². The Bertz CT molecular complexity index is 3480. The maximum absolute atomic E-state index is 4.80. The molecule has 2 aliphatic rings. The molecule has 2 aliphatic carbocycles. The third kappa shape index (κ3) is 4.26. The number of aromatic nitrogens is 3. The van der Waals surface area contributed by atoms with E-state index < -0.39 is 0 Å². The zero-order valence-electron chi connectivity index (χ0n) is 31.3. The van der Waals surface area contributed by atoms with E-state index in [1.807, 2.05) is 0 Å². The molecule has 1 atom stereocenters. The Hall–Kier alpha value is -7.69. The molecule has 4 heteroatoms. The van der Waals surface area contributed by atoms with Gasteiger partial charge in [-0.1, -0.05) is 164 Å². The minimum absolute atomic E-state index is 0.168. The predicted molar refractivity (Wildman–Crippen MR) is 239 cm³/mol. The highest BCUT2D eigenvalue weighted by Gasteiger charge is 2.38. The van der Waals surface area contributed by atoms with Crippen molar-refractivity contribution in [1.82, 2.24) is 15.0 Å². The van der Waals surface area contributed by atoms with Crippen LogP contribution in [0.1, 0.15) is 22.6 Å². The first kappa shape index (κ1) is 31.5. The van der Waals surface area contributed by atoms with E-state index in [1.54, 1.807) is 12.7 Å². The van der Waals surface area contributed by atoms with Crippen molar-refractivity contribution in [3.8, 4) is 33.4 Å². The summed E-state index contributed by atoms with van der Waals surface area (Å²) in [6.07, 6.45) is 3.17. The molecule has 0 fully saturated rings. The van der Waals surface area contributed by atoms with Crippen LogP contribution in [0.25, 0.3) is 87.2 Å². The molecule has 0 saturated heterocycles. The van der Waals surface area contributed by atoms with Gasteiger partial charge in [0.05, 0.1) is 5.69 Å². The van der Waals surface area contributed by atoms with Crippen LogP contribution in [0.3, 0.4) is 0 Å². The molecular weight excluding hydrogens is 705 g/mol. The SMILES string of the molecule is c1ccc2c(c1)-c1cccc3ccc4c(c13)C2c1cccc(-c2c3ccccc3c(N(c3ccc5c(ccc6ccccc65)c3)c3ncncn3)c3ccccc23)c1-4. The van der Waals surface area contributed by atoms with E-state index in [-0.39, 0.29) is 5.92 Å². The van der Waals surface area contributed by atoms with Gasteiger partial charge in [0.1, 0.15) is 12.7 Å². The van der Waals surface area contributed by atoms with Gasteiger partial charge >= 0.3 is 0 Å². The van der Waals surface area contributed by atoms with Gasteiger partial charge in [-0.3, -0.25) is 4.90 Å². The molecule has 0 radical (unpaired) electrons. The Balaban J connectivity index is 1.11. The van der Waals surface area contributed by atoms with Crippen LogP contribution in [-0.4, -0.2) is 15.0 Å². The van der Waals surface area contributed by atoms with Crippen LogP contribution in [0.15, 0.2) is 189 Å². The van der Waals surface area contributed by atoms with Crippen molar-refractivity contribution >= 4 is 71.2 Å². The van der Waals surface area contributed by atoms with E-state index in [1.165, 1.54) is 87.8 Å². The van der Waals surface area contributed by atoms with Gasteiger partial charge in [-0.2, -0.15) is 0 Å². The molecule has 11 aromatic rings. The minimum atomic E-state index is 0.168. The fourth-order valence-electron chi connectivity index (χ4n) is 10.4. The van der Waals surface area contributed by atoms with E-state index in [9.17, 15) is 0 Å². The normalized spacial score (nSPS) is 13.7. The Morgan fingerprint density at radius 1 is 0.397 bits per heavy atom. The first-order valence-electron chi connectivity index (χ1n) is 19.9. The van der Waals surface area contributed by atoms with E-state index in [0.29, 0.717) is 5.95 Å². The summed E-state index contributed by atoms with van der Waals surface area (Å²) in [5, 5.41) is 12.1. The number of hydrogen-bond donors (Lipinski definition) is 0. The maximum atomic E-state index is 4.80. The fourth-order valence-corrected chi connectivity index (χ4v) is 10.4. The van der Waals surface area contributed by atoms with Crippen molar-refractivity contribution in [2.45, 2.75) is 5.92 Å². The van der Waals surface area contributed by atoms with Gasteiger partial charge in [0.2, 0.25) is 5.95 Å². The summed E-state index contributed by atoms with van der Waals surface area (Å²) >= 11 is 0. The number of rotatable bonds is 4. The number of fused-ring (bicyclic) bond motifs is 11. The second-order valence-electron chi connectivity index (χ2n) is 15.5. The molecule has 0 spiro atoms. The molecule has 1 heterocycles. The third-order valence-corrected chi connectivity index (χ3v) is 12.7. The monoisotopic (exact) mass is 736 g/mol. The number of benzene rings is 10. The Morgan fingerprint density at radius 2 is 1.00 bits per heavy atom. The molecule has 4 nitrogen and oxygen atoms in total. The van der Waals surface area contributed by atoms with Crippen LogP contribution in [0.4, 0.5) is 17.3 Å². The van der Waals surface area contributed by atoms with Crippen LogP contribution in [0.5, 0.6) is 0 Å². The highest BCUT2D eigenvalue weighted by atomic mass is 15.3. The molecule has 0 bridgehead atoms. The van der Waals surface area contributed by atoms with E-state index in [4.69, 9.17) is 9.97 Å². The molecule has 1 unspecified atom stereocenters. The molecule has 13 rings (SSSR count). The lowest BCUT2D eigenvalue weighted by molar-refractivity contribution is 1.01. The van der Waals surface area contributed by atoms with Gasteiger partial charge in [-0.05, 0) is 105 Å². The summed E-state index contributed by atoms with van der Waals surface area (Å²) in [5.74, 6) is 0.733. The second-order valence-corrected chi connectivity index (χ2v) is 15.5. The first-order valence-corrected chi connectivity index (χ1v) is 19.9. The largest absolute Gasteiger partial charge is 0.278 e. The van der Waals surface area contributed by atoms with Gasteiger partial charge in [0.25, 0.3) is 0 Å². The van der Waals surface area contributed by atoms with Gasteiger partial charge in [-0.25, -0.2) is 15.0 Å². The molecule has 0 saturated carbocycles. The quantitative estimate of drug-likeness (QED) is 0.133. The van der Waals surface area contributed by atoms with Crippen molar-refractivity contribution in [2.24, 2.45) is 0 Å². The lowest BCUT2D eigenvalue weighted by Gasteiger charge is -2.28. The smallest absolute Gasteiger partial charge is 0.237 e. The molecule has 0 N–H and O–H groups in total. The fraction of sp³-hybridized carbons (Fsp3) is 0.0185. The highest BCUT2D eigenvalue weighted by Crippen LogP contribution is 2.60. The summed E-state index contributed by atoms with van der Waals surface area (Å²) in [4.78, 5) is 16.0. The van der Waals surface area contributed by atoms with Gasteiger partial charge in [0.15, 0.2) is 0 Å². The Kier molecular flexibility index (Phi) is 6.47. The summed E-state index contributed by atoms with van der Waals surface area (Å²) < 4.78 is 0. The van der Waals surface area contributed by atoms with Crippen molar-refractivity contribution in [3.05, 3.63) is 205 Å². The third-order valence-electron chi connectivity index (χ3n) is 12.7. The first-order chi connectivity index (χ1) is 28.8. The van der Waals surface area contributed by atoms with Crippen molar-refractivity contribution in [1.29, 1.82) is 0 Å².